The monoisotopic (exact) mass is 267 g/mol. The molecule has 2 aromatic rings. The maximum Gasteiger partial charge on any atom is 0.144 e. The molecule has 0 saturated carbocycles. The molecule has 0 aliphatic heterocycles. The molecule has 2 aromatic carbocycles. The topological polar surface area (TPSA) is 71.1 Å². The minimum Gasteiger partial charge on any atom is -0.492 e. The molecule has 0 fully saturated rings. The summed E-state index contributed by atoms with van der Waals surface area (Å²) in [6.45, 7) is 3.15. The van der Waals surface area contributed by atoms with E-state index in [-0.39, 0.29) is 0 Å². The Morgan fingerprint density at radius 1 is 1.25 bits per heavy atom. The number of benzene rings is 2. The van der Waals surface area contributed by atoms with Crippen LogP contribution >= 0.6 is 0 Å². The van der Waals surface area contributed by atoms with E-state index in [1.54, 1.807) is 6.07 Å². The normalized spacial score (nSPS) is 9.80. The number of hydrogen-bond acceptors (Lipinski definition) is 4. The van der Waals surface area contributed by atoms with E-state index in [4.69, 9.17) is 15.7 Å². The number of hydrogen-bond donors (Lipinski definition) is 2. The predicted molar refractivity (Wildman–Crippen MR) is 80.5 cm³/mol. The molecule has 0 unspecified atom stereocenters. The maximum absolute atomic E-state index is 8.87. The smallest absolute Gasteiger partial charge is 0.144 e. The lowest BCUT2D eigenvalue weighted by molar-refractivity contribution is 0.342. The van der Waals surface area contributed by atoms with Gasteiger partial charge in [-0.2, -0.15) is 5.26 Å². The van der Waals surface area contributed by atoms with Crippen LogP contribution in [0.15, 0.2) is 42.5 Å². The van der Waals surface area contributed by atoms with Crippen molar-refractivity contribution < 1.29 is 4.74 Å². The van der Waals surface area contributed by atoms with Crippen LogP contribution in [0.4, 0.5) is 11.4 Å². The molecular formula is C16H17N3O. The molecule has 0 aliphatic carbocycles. The highest BCUT2D eigenvalue weighted by molar-refractivity contribution is 5.61. The Hall–Kier alpha value is -2.67. The number of nitrogens with one attached hydrogen (secondary N) is 1. The van der Waals surface area contributed by atoms with Gasteiger partial charge in [-0.25, -0.2) is 0 Å². The molecule has 3 N–H and O–H groups in total. The lowest BCUT2D eigenvalue weighted by Crippen LogP contribution is -2.02. The van der Waals surface area contributed by atoms with Gasteiger partial charge in [0.1, 0.15) is 5.75 Å². The van der Waals surface area contributed by atoms with Crippen LogP contribution in [0.3, 0.4) is 0 Å². The van der Waals surface area contributed by atoms with E-state index >= 15 is 0 Å². The van der Waals surface area contributed by atoms with Gasteiger partial charge in [0, 0.05) is 18.3 Å². The summed E-state index contributed by atoms with van der Waals surface area (Å²) in [5.41, 5.74) is 9.11. The molecule has 0 radical (unpaired) electrons. The summed E-state index contributed by atoms with van der Waals surface area (Å²) in [6, 6.07) is 15.3. The average Bonchev–Trinajstić information content (AvgIpc) is 2.48. The molecule has 102 valence electrons. The molecule has 2 rings (SSSR count). The number of rotatable bonds is 5. The van der Waals surface area contributed by atoms with Gasteiger partial charge in [0.25, 0.3) is 0 Å². The van der Waals surface area contributed by atoms with Crippen molar-refractivity contribution in [3.05, 3.63) is 53.6 Å². The zero-order valence-corrected chi connectivity index (χ0v) is 11.4. The number of anilines is 2. The Morgan fingerprint density at radius 3 is 2.85 bits per heavy atom. The molecule has 0 heterocycles. The number of ether oxygens (including phenoxy) is 1. The summed E-state index contributed by atoms with van der Waals surface area (Å²) in [5.74, 6) is 0.684. The summed E-state index contributed by atoms with van der Waals surface area (Å²) in [4.78, 5) is 0. The second-order valence-corrected chi connectivity index (χ2v) is 4.35. The standard InChI is InChI=1S/C16H17N3O/c1-2-20-16-9-14(6-7-15(16)18)19-11-13-5-3-4-12(8-13)10-17/h3-9,19H,2,11,18H2,1H3. The summed E-state index contributed by atoms with van der Waals surface area (Å²) >= 11 is 0. The van der Waals surface area contributed by atoms with Crippen molar-refractivity contribution in [2.75, 3.05) is 17.7 Å². The summed E-state index contributed by atoms with van der Waals surface area (Å²) in [7, 11) is 0. The van der Waals surface area contributed by atoms with Gasteiger partial charge in [-0.1, -0.05) is 12.1 Å². The van der Waals surface area contributed by atoms with Crippen molar-refractivity contribution in [1.29, 1.82) is 5.26 Å². The predicted octanol–water partition coefficient (Wildman–Crippen LogP) is 3.15. The first kappa shape index (κ1) is 13.8. The van der Waals surface area contributed by atoms with Gasteiger partial charge < -0.3 is 15.8 Å². The molecule has 20 heavy (non-hydrogen) atoms. The quantitative estimate of drug-likeness (QED) is 0.816. The second kappa shape index (κ2) is 6.48. The number of nitrogens with zero attached hydrogens (tertiary/aromatic N) is 1. The lowest BCUT2D eigenvalue weighted by atomic mass is 10.1. The first-order valence-electron chi connectivity index (χ1n) is 6.48. The van der Waals surface area contributed by atoms with Crippen LogP contribution in [0.25, 0.3) is 0 Å². The van der Waals surface area contributed by atoms with Crippen LogP contribution in [0, 0.1) is 11.3 Å². The number of nitriles is 1. The van der Waals surface area contributed by atoms with Crippen molar-refractivity contribution in [1.82, 2.24) is 0 Å². The van der Waals surface area contributed by atoms with Gasteiger partial charge >= 0.3 is 0 Å². The lowest BCUT2D eigenvalue weighted by Gasteiger charge is -2.11. The SMILES string of the molecule is CCOc1cc(NCc2cccc(C#N)c2)ccc1N. The van der Waals surface area contributed by atoms with Crippen molar-refractivity contribution in [2.24, 2.45) is 0 Å². The van der Waals surface area contributed by atoms with E-state index in [1.165, 1.54) is 0 Å². The highest BCUT2D eigenvalue weighted by Gasteiger charge is 2.02. The largest absolute Gasteiger partial charge is 0.492 e. The number of nitrogens with two attached hydrogens (primary N) is 1. The van der Waals surface area contributed by atoms with E-state index in [0.29, 0.717) is 30.2 Å². The number of nitrogen functional groups attached to an aromatic ring is 1. The molecule has 0 spiro atoms. The molecule has 4 heteroatoms. The Morgan fingerprint density at radius 2 is 2.10 bits per heavy atom. The Bertz CT molecular complexity index is 632. The highest BCUT2D eigenvalue weighted by Crippen LogP contribution is 2.25. The molecule has 0 saturated heterocycles. The van der Waals surface area contributed by atoms with Gasteiger partial charge in [-0.05, 0) is 36.8 Å². The van der Waals surface area contributed by atoms with Crippen LogP contribution in [0.2, 0.25) is 0 Å². The third-order valence-corrected chi connectivity index (χ3v) is 2.87. The van der Waals surface area contributed by atoms with E-state index in [2.05, 4.69) is 11.4 Å². The molecule has 4 nitrogen and oxygen atoms in total. The third-order valence-electron chi connectivity index (χ3n) is 2.87. The van der Waals surface area contributed by atoms with Gasteiger partial charge in [-0.15, -0.1) is 0 Å². The van der Waals surface area contributed by atoms with Gasteiger partial charge in [0.05, 0.1) is 23.9 Å². The van der Waals surface area contributed by atoms with Crippen LogP contribution in [0.5, 0.6) is 5.75 Å². The van der Waals surface area contributed by atoms with Crippen molar-refractivity contribution in [3.8, 4) is 11.8 Å². The van der Waals surface area contributed by atoms with Crippen LogP contribution in [-0.2, 0) is 6.54 Å². The van der Waals surface area contributed by atoms with Crippen LogP contribution in [-0.4, -0.2) is 6.61 Å². The molecule has 0 atom stereocenters. The van der Waals surface area contributed by atoms with E-state index in [1.807, 2.05) is 43.3 Å². The van der Waals surface area contributed by atoms with Crippen LogP contribution in [0.1, 0.15) is 18.1 Å². The second-order valence-electron chi connectivity index (χ2n) is 4.35. The first-order valence-corrected chi connectivity index (χ1v) is 6.48. The van der Waals surface area contributed by atoms with E-state index < -0.39 is 0 Å². The summed E-state index contributed by atoms with van der Waals surface area (Å²) in [5, 5.41) is 12.2. The Balaban J connectivity index is 2.07. The average molecular weight is 267 g/mol. The fourth-order valence-corrected chi connectivity index (χ4v) is 1.88. The molecule has 0 amide bonds. The van der Waals surface area contributed by atoms with Crippen molar-refractivity contribution in [2.45, 2.75) is 13.5 Å². The molecule has 0 bridgehead atoms. The van der Waals surface area contributed by atoms with E-state index in [9.17, 15) is 0 Å². The maximum atomic E-state index is 8.87. The van der Waals surface area contributed by atoms with Crippen molar-refractivity contribution >= 4 is 11.4 Å². The summed E-state index contributed by atoms with van der Waals surface area (Å²) < 4.78 is 5.46. The molecule has 0 aromatic heterocycles. The van der Waals surface area contributed by atoms with Gasteiger partial charge in [0.15, 0.2) is 0 Å². The Kier molecular flexibility index (Phi) is 4.46. The Labute approximate surface area is 118 Å². The first-order chi connectivity index (χ1) is 9.72. The van der Waals surface area contributed by atoms with Crippen LogP contribution < -0.4 is 15.8 Å². The fourth-order valence-electron chi connectivity index (χ4n) is 1.88. The van der Waals surface area contributed by atoms with Gasteiger partial charge in [0.2, 0.25) is 0 Å². The molecule has 0 aliphatic rings. The third kappa shape index (κ3) is 3.42. The fraction of sp³-hybridized carbons (Fsp3) is 0.188. The highest BCUT2D eigenvalue weighted by atomic mass is 16.5. The van der Waals surface area contributed by atoms with Crippen molar-refractivity contribution in [3.63, 3.8) is 0 Å². The minimum absolute atomic E-state index is 0.581. The van der Waals surface area contributed by atoms with E-state index in [0.717, 1.165) is 11.3 Å². The molecular weight excluding hydrogens is 250 g/mol. The van der Waals surface area contributed by atoms with Gasteiger partial charge in [-0.3, -0.25) is 0 Å². The zero-order valence-electron chi connectivity index (χ0n) is 11.4. The summed E-state index contributed by atoms with van der Waals surface area (Å²) in [6.07, 6.45) is 0. The zero-order chi connectivity index (χ0) is 14.4. The minimum atomic E-state index is 0.581.